The molecular formula is C22H28O4. The minimum Gasteiger partial charge on any atom is -0.458 e. The summed E-state index contributed by atoms with van der Waals surface area (Å²) in [6.07, 6.45) is 10.6. The molecule has 0 bridgehead atoms. The summed E-state index contributed by atoms with van der Waals surface area (Å²) in [4.78, 5) is 24.0. The van der Waals surface area contributed by atoms with Crippen molar-refractivity contribution in [2.45, 2.75) is 88.9 Å². The molecule has 0 radical (unpaired) electrons. The van der Waals surface area contributed by atoms with Crippen LogP contribution in [0.4, 0.5) is 0 Å². The van der Waals surface area contributed by atoms with E-state index in [9.17, 15) is 9.59 Å². The number of hydrogen-bond acceptors (Lipinski definition) is 4. The van der Waals surface area contributed by atoms with Gasteiger partial charge >= 0.3 is 5.97 Å². The Balaban J connectivity index is 1.42. The number of ketones is 1. The number of esters is 1. The van der Waals surface area contributed by atoms with Gasteiger partial charge in [-0.05, 0) is 62.9 Å². The monoisotopic (exact) mass is 356 g/mol. The highest BCUT2D eigenvalue weighted by Crippen LogP contribution is 2.77. The number of hydrogen-bond donors (Lipinski definition) is 0. The maximum Gasteiger partial charge on any atom is 0.306 e. The number of carbonyl (C=O) groups excluding carboxylic acids is 2. The predicted molar refractivity (Wildman–Crippen MR) is 94.3 cm³/mol. The molecule has 0 aromatic carbocycles. The van der Waals surface area contributed by atoms with E-state index in [0.29, 0.717) is 30.5 Å². The van der Waals surface area contributed by atoms with Crippen molar-refractivity contribution in [1.29, 1.82) is 0 Å². The van der Waals surface area contributed by atoms with E-state index in [4.69, 9.17) is 9.47 Å². The van der Waals surface area contributed by atoms with Gasteiger partial charge in [-0.25, -0.2) is 0 Å². The predicted octanol–water partition coefficient (Wildman–Crippen LogP) is 3.73. The smallest absolute Gasteiger partial charge is 0.306 e. The van der Waals surface area contributed by atoms with Gasteiger partial charge in [-0.2, -0.15) is 0 Å². The molecule has 5 unspecified atom stereocenters. The Morgan fingerprint density at radius 2 is 1.85 bits per heavy atom. The van der Waals surface area contributed by atoms with Crippen LogP contribution < -0.4 is 0 Å². The second-order valence-electron chi connectivity index (χ2n) is 10.2. The summed E-state index contributed by atoms with van der Waals surface area (Å²) in [7, 11) is 0. The Hall–Kier alpha value is -1.16. The SMILES string of the molecule is CC12CCC(=O)C=C1CCC1C3CC[C@@]4(CCC(=O)O4)C3(C)C[C@H]3OC132. The van der Waals surface area contributed by atoms with Crippen LogP contribution in [0.5, 0.6) is 0 Å². The van der Waals surface area contributed by atoms with Crippen molar-refractivity contribution >= 4 is 11.8 Å². The minimum atomic E-state index is -0.244. The Morgan fingerprint density at radius 1 is 1.00 bits per heavy atom. The minimum absolute atomic E-state index is 0.00737. The van der Waals surface area contributed by atoms with Crippen molar-refractivity contribution in [2.75, 3.05) is 0 Å². The van der Waals surface area contributed by atoms with Crippen LogP contribution in [0.3, 0.4) is 0 Å². The molecule has 26 heavy (non-hydrogen) atoms. The van der Waals surface area contributed by atoms with Gasteiger partial charge < -0.3 is 9.47 Å². The molecule has 2 heterocycles. The van der Waals surface area contributed by atoms with E-state index in [1.165, 1.54) is 5.57 Å². The zero-order chi connectivity index (χ0) is 17.9. The van der Waals surface area contributed by atoms with E-state index in [1.54, 1.807) is 0 Å². The summed E-state index contributed by atoms with van der Waals surface area (Å²) < 4.78 is 12.6. The summed E-state index contributed by atoms with van der Waals surface area (Å²) in [5.41, 5.74) is 1.12. The molecule has 4 heteroatoms. The molecule has 6 rings (SSSR count). The third kappa shape index (κ3) is 1.51. The lowest BCUT2D eigenvalue weighted by Crippen LogP contribution is -2.59. The number of carbonyl (C=O) groups is 2. The molecular weight excluding hydrogens is 328 g/mol. The standard InChI is InChI=1S/C22H28O4/c1-19-8-5-14(23)11-13(19)3-4-16-15-6-9-21(10-7-18(24)26-21)20(15,2)12-17-22(16,19)25-17/h11,15-17H,3-10,12H2,1-2H3/t15?,16?,17-,19?,20?,21-,22?/m1/s1. The number of rotatable bonds is 0. The highest BCUT2D eigenvalue weighted by Gasteiger charge is 2.81. The molecule has 4 nitrogen and oxygen atoms in total. The molecule has 0 aromatic rings. The van der Waals surface area contributed by atoms with Gasteiger partial charge in [-0.3, -0.25) is 9.59 Å². The number of ether oxygens (including phenoxy) is 2. The molecule has 5 fully saturated rings. The van der Waals surface area contributed by atoms with Gasteiger partial charge in [0.2, 0.25) is 0 Å². The lowest BCUT2D eigenvalue weighted by atomic mass is 9.46. The lowest BCUT2D eigenvalue weighted by Gasteiger charge is -2.56. The van der Waals surface area contributed by atoms with Gasteiger partial charge in [-0.15, -0.1) is 0 Å². The second kappa shape index (κ2) is 4.45. The fourth-order valence-electron chi connectivity index (χ4n) is 8.30. The zero-order valence-corrected chi connectivity index (χ0v) is 15.8. The Labute approximate surface area is 154 Å². The third-order valence-electron chi connectivity index (χ3n) is 9.67. The van der Waals surface area contributed by atoms with Gasteiger partial charge in [0.1, 0.15) is 11.2 Å². The molecule has 2 saturated heterocycles. The van der Waals surface area contributed by atoms with E-state index in [1.807, 2.05) is 6.08 Å². The van der Waals surface area contributed by atoms with Crippen molar-refractivity contribution in [3.63, 3.8) is 0 Å². The average Bonchev–Trinajstić information content (AvgIpc) is 3.08. The lowest BCUT2D eigenvalue weighted by molar-refractivity contribution is -0.164. The molecule has 2 aliphatic heterocycles. The van der Waals surface area contributed by atoms with Crippen molar-refractivity contribution in [1.82, 2.24) is 0 Å². The molecule has 0 N–H and O–H groups in total. The zero-order valence-electron chi connectivity index (χ0n) is 15.8. The van der Waals surface area contributed by atoms with Crippen LogP contribution in [-0.4, -0.2) is 29.1 Å². The molecule has 2 spiro atoms. The summed E-state index contributed by atoms with van der Waals surface area (Å²) >= 11 is 0. The van der Waals surface area contributed by atoms with Crippen LogP contribution in [0.25, 0.3) is 0 Å². The molecule has 4 aliphatic carbocycles. The first-order valence-corrected chi connectivity index (χ1v) is 10.5. The summed E-state index contributed by atoms with van der Waals surface area (Å²) in [5.74, 6) is 1.40. The number of fused-ring (bicyclic) bond motifs is 4. The van der Waals surface area contributed by atoms with E-state index in [0.717, 1.165) is 44.9 Å². The second-order valence-corrected chi connectivity index (χ2v) is 10.2. The van der Waals surface area contributed by atoms with Gasteiger partial charge in [0.15, 0.2) is 5.78 Å². The Bertz CT molecular complexity index is 770. The topological polar surface area (TPSA) is 55.9 Å². The molecule has 140 valence electrons. The number of epoxide rings is 1. The molecule has 7 atom stereocenters. The fourth-order valence-corrected chi connectivity index (χ4v) is 8.30. The van der Waals surface area contributed by atoms with Gasteiger partial charge in [0, 0.05) is 23.7 Å². The largest absolute Gasteiger partial charge is 0.458 e. The van der Waals surface area contributed by atoms with Gasteiger partial charge in [-0.1, -0.05) is 19.4 Å². The summed E-state index contributed by atoms with van der Waals surface area (Å²) in [6.45, 7) is 4.74. The maximum atomic E-state index is 12.0. The molecule has 3 saturated carbocycles. The van der Waals surface area contributed by atoms with Crippen LogP contribution in [0.2, 0.25) is 0 Å². The Kier molecular flexibility index (Phi) is 2.72. The van der Waals surface area contributed by atoms with Crippen LogP contribution in [0, 0.1) is 22.7 Å². The first kappa shape index (κ1) is 15.9. The van der Waals surface area contributed by atoms with Crippen LogP contribution in [-0.2, 0) is 19.1 Å². The van der Waals surface area contributed by atoms with E-state index >= 15 is 0 Å². The summed E-state index contributed by atoms with van der Waals surface area (Å²) in [6, 6.07) is 0. The summed E-state index contributed by atoms with van der Waals surface area (Å²) in [5, 5.41) is 0. The average molecular weight is 356 g/mol. The van der Waals surface area contributed by atoms with Crippen LogP contribution >= 0.6 is 0 Å². The molecule has 0 aromatic heterocycles. The fraction of sp³-hybridized carbons (Fsp3) is 0.818. The highest BCUT2D eigenvalue weighted by atomic mass is 16.6. The molecule has 6 aliphatic rings. The van der Waals surface area contributed by atoms with Crippen molar-refractivity contribution < 1.29 is 19.1 Å². The van der Waals surface area contributed by atoms with E-state index in [2.05, 4.69) is 13.8 Å². The van der Waals surface area contributed by atoms with E-state index in [-0.39, 0.29) is 34.1 Å². The first-order chi connectivity index (χ1) is 12.3. The van der Waals surface area contributed by atoms with Crippen molar-refractivity contribution in [3.05, 3.63) is 11.6 Å². The van der Waals surface area contributed by atoms with Gasteiger partial charge in [0.25, 0.3) is 0 Å². The Morgan fingerprint density at radius 3 is 2.62 bits per heavy atom. The van der Waals surface area contributed by atoms with E-state index < -0.39 is 0 Å². The van der Waals surface area contributed by atoms with Crippen LogP contribution in [0.1, 0.15) is 71.6 Å². The third-order valence-corrected chi connectivity index (χ3v) is 9.67. The normalized spacial score (nSPS) is 57.0. The highest BCUT2D eigenvalue weighted by molar-refractivity contribution is 5.91. The molecule has 0 amide bonds. The van der Waals surface area contributed by atoms with Crippen LogP contribution in [0.15, 0.2) is 11.6 Å². The van der Waals surface area contributed by atoms with Gasteiger partial charge in [0.05, 0.1) is 6.10 Å². The van der Waals surface area contributed by atoms with Crippen molar-refractivity contribution in [3.8, 4) is 0 Å². The quantitative estimate of drug-likeness (QED) is 0.490. The van der Waals surface area contributed by atoms with Crippen molar-refractivity contribution in [2.24, 2.45) is 22.7 Å². The first-order valence-electron chi connectivity index (χ1n) is 10.5. The maximum absolute atomic E-state index is 12.0.